The van der Waals surface area contributed by atoms with Crippen molar-refractivity contribution in [2.45, 2.75) is 90.8 Å². The van der Waals surface area contributed by atoms with Crippen LogP contribution in [0.4, 0.5) is 4.79 Å². The van der Waals surface area contributed by atoms with Crippen LogP contribution in [0.5, 0.6) is 0 Å². The molecule has 10 heteroatoms. The summed E-state index contributed by atoms with van der Waals surface area (Å²) >= 11 is 1.13. The average Bonchev–Trinajstić information content (AvgIpc) is 2.99. The summed E-state index contributed by atoms with van der Waals surface area (Å²) in [5.41, 5.74) is 3.04. The minimum atomic E-state index is -2.17. The lowest BCUT2D eigenvalue weighted by molar-refractivity contribution is -0.113. The Hall–Kier alpha value is -1.75. The number of ether oxygens (including phenoxy) is 1. The van der Waals surface area contributed by atoms with Crippen molar-refractivity contribution in [3.63, 3.8) is 0 Å². The van der Waals surface area contributed by atoms with Crippen molar-refractivity contribution in [2.24, 2.45) is 0 Å². The summed E-state index contributed by atoms with van der Waals surface area (Å²) in [4.78, 5) is 46.5. The highest BCUT2D eigenvalue weighted by Crippen LogP contribution is 2.37. The molecular formula is C23H39N3O5SSi. The fourth-order valence-electron chi connectivity index (χ4n) is 3.37. The summed E-state index contributed by atoms with van der Waals surface area (Å²) in [6.07, 6.45) is 1.46. The van der Waals surface area contributed by atoms with E-state index in [1.165, 1.54) is 0 Å². The lowest BCUT2D eigenvalue weighted by Crippen LogP contribution is -2.47. The first-order valence-electron chi connectivity index (χ1n) is 11.3. The highest BCUT2D eigenvalue weighted by Gasteiger charge is 2.42. The second kappa shape index (κ2) is 10.2. The van der Waals surface area contributed by atoms with Gasteiger partial charge in [0.1, 0.15) is 19.1 Å². The first-order chi connectivity index (χ1) is 15.1. The zero-order valence-corrected chi connectivity index (χ0v) is 23.1. The molecule has 0 saturated heterocycles. The Morgan fingerprint density at radius 1 is 1.24 bits per heavy atom. The van der Waals surface area contributed by atoms with Crippen molar-refractivity contribution >= 4 is 30.9 Å². The lowest BCUT2D eigenvalue weighted by Gasteiger charge is -2.35. The molecule has 1 aromatic rings. The number of carbonyl (C=O) groups is 2. The van der Waals surface area contributed by atoms with Gasteiger partial charge in [-0.3, -0.25) is 9.63 Å². The smallest absolute Gasteiger partial charge is 0.410 e. The Bertz CT molecular complexity index is 939. The number of hydroxylamine groups is 1. The fourth-order valence-corrected chi connectivity index (χ4v) is 6.00. The summed E-state index contributed by atoms with van der Waals surface area (Å²) in [5.74, 6) is 0. The molecule has 186 valence electrons. The molecule has 2 heterocycles. The first-order valence-corrected chi connectivity index (χ1v) is 15.1. The number of fused-ring (bicyclic) bond motifs is 1. The van der Waals surface area contributed by atoms with E-state index in [9.17, 15) is 14.4 Å². The summed E-state index contributed by atoms with van der Waals surface area (Å²) in [6.45, 7) is 20.7. The van der Waals surface area contributed by atoms with Crippen molar-refractivity contribution in [1.82, 2.24) is 14.9 Å². The maximum Gasteiger partial charge on any atom is 0.410 e. The quantitative estimate of drug-likeness (QED) is 0.248. The average molecular weight is 498 g/mol. The topological polar surface area (TPSA) is 89.9 Å². The van der Waals surface area contributed by atoms with Gasteiger partial charge in [0.05, 0.1) is 29.8 Å². The van der Waals surface area contributed by atoms with E-state index in [0.29, 0.717) is 19.5 Å². The Kier molecular flexibility index (Phi) is 8.54. The van der Waals surface area contributed by atoms with E-state index >= 15 is 0 Å². The van der Waals surface area contributed by atoms with Crippen LogP contribution in [-0.2, 0) is 27.5 Å². The molecule has 8 nitrogen and oxygen atoms in total. The molecule has 0 saturated carbocycles. The third kappa shape index (κ3) is 6.65. The SMILES string of the molecule is C=CCONC1CN(C(=O)OC(C)(C)C)Cc2c1sc(=O)n2CCC(=O)[Si](C)(C)C(C)(C)C. The van der Waals surface area contributed by atoms with Crippen molar-refractivity contribution in [3.05, 3.63) is 32.9 Å². The molecule has 0 bridgehead atoms. The predicted octanol–water partition coefficient (Wildman–Crippen LogP) is 4.42. The summed E-state index contributed by atoms with van der Waals surface area (Å²) < 4.78 is 7.21. The van der Waals surface area contributed by atoms with Gasteiger partial charge >= 0.3 is 11.0 Å². The van der Waals surface area contributed by atoms with Gasteiger partial charge in [0.15, 0.2) is 0 Å². The molecule has 2 rings (SSSR count). The van der Waals surface area contributed by atoms with Gasteiger partial charge in [-0.1, -0.05) is 51.3 Å². The van der Waals surface area contributed by atoms with E-state index in [1.807, 2.05) is 20.8 Å². The normalized spacial score (nSPS) is 17.0. The zero-order valence-electron chi connectivity index (χ0n) is 21.2. The number of aromatic nitrogens is 1. The Balaban J connectivity index is 2.32. The molecule has 0 aromatic carbocycles. The number of nitrogens with one attached hydrogen (secondary N) is 1. The highest BCUT2D eigenvalue weighted by molar-refractivity contribution is 7.09. The van der Waals surface area contributed by atoms with Gasteiger partial charge in [-0.15, -0.1) is 6.58 Å². The van der Waals surface area contributed by atoms with Crippen LogP contribution in [-0.4, -0.2) is 47.8 Å². The molecule has 1 N–H and O–H groups in total. The molecule has 33 heavy (non-hydrogen) atoms. The Labute approximate surface area is 201 Å². The van der Waals surface area contributed by atoms with Gasteiger partial charge in [0.2, 0.25) is 0 Å². The van der Waals surface area contributed by atoms with E-state index in [-0.39, 0.29) is 34.5 Å². The lowest BCUT2D eigenvalue weighted by atomic mass is 10.1. The fraction of sp³-hybridized carbons (Fsp3) is 0.696. The van der Waals surface area contributed by atoms with E-state index in [1.54, 1.807) is 15.5 Å². The van der Waals surface area contributed by atoms with Gasteiger partial charge in [-0.2, -0.15) is 5.48 Å². The van der Waals surface area contributed by atoms with E-state index in [0.717, 1.165) is 21.9 Å². The van der Waals surface area contributed by atoms with Gasteiger partial charge < -0.3 is 19.0 Å². The van der Waals surface area contributed by atoms with E-state index in [2.05, 4.69) is 45.9 Å². The minimum Gasteiger partial charge on any atom is -0.444 e. The monoisotopic (exact) mass is 497 g/mol. The summed E-state index contributed by atoms with van der Waals surface area (Å²) in [5, 5.41) is 0.180. The number of hydrogen-bond acceptors (Lipinski definition) is 7. The maximum absolute atomic E-state index is 13.1. The number of hydrogen-bond donors (Lipinski definition) is 1. The molecule has 1 unspecified atom stereocenters. The molecule has 0 spiro atoms. The van der Waals surface area contributed by atoms with E-state index < -0.39 is 19.8 Å². The predicted molar refractivity (Wildman–Crippen MR) is 134 cm³/mol. The van der Waals surface area contributed by atoms with Gasteiger partial charge in [-0.25, -0.2) is 4.79 Å². The van der Waals surface area contributed by atoms with Crippen LogP contribution in [0.3, 0.4) is 0 Å². The Morgan fingerprint density at radius 3 is 2.42 bits per heavy atom. The largest absolute Gasteiger partial charge is 0.444 e. The van der Waals surface area contributed by atoms with Crippen LogP contribution >= 0.6 is 11.3 Å². The zero-order chi connectivity index (χ0) is 25.2. The number of carbonyl (C=O) groups excluding carboxylic acids is 2. The van der Waals surface area contributed by atoms with Crippen LogP contribution in [0.1, 0.15) is 64.6 Å². The summed E-state index contributed by atoms with van der Waals surface area (Å²) in [6, 6.07) is -0.378. The van der Waals surface area contributed by atoms with Crippen molar-refractivity contribution in [2.75, 3.05) is 13.2 Å². The standard InChI is InChI=1S/C23H39N3O5SSi/c1-10-13-30-24-16-14-25(20(28)31-22(2,3)4)15-17-19(16)32-21(29)26(17)12-11-18(27)33(8,9)23(5,6)7/h10,16,24H,1,11-15H2,2-9H3. The molecule has 1 aliphatic rings. The maximum atomic E-state index is 13.1. The van der Waals surface area contributed by atoms with Crippen LogP contribution < -0.4 is 10.4 Å². The summed E-state index contributed by atoms with van der Waals surface area (Å²) in [7, 11) is -2.17. The van der Waals surface area contributed by atoms with Crippen LogP contribution in [0.2, 0.25) is 18.1 Å². The second-order valence-corrected chi connectivity index (χ2v) is 17.3. The molecule has 0 aliphatic carbocycles. The molecule has 1 amide bonds. The highest BCUT2D eigenvalue weighted by atomic mass is 32.1. The van der Waals surface area contributed by atoms with Crippen LogP contribution in [0.15, 0.2) is 17.4 Å². The van der Waals surface area contributed by atoms with Gasteiger partial charge in [-0.05, 0) is 25.8 Å². The third-order valence-electron chi connectivity index (χ3n) is 6.30. The van der Waals surface area contributed by atoms with Crippen LogP contribution in [0.25, 0.3) is 0 Å². The molecule has 1 atom stereocenters. The van der Waals surface area contributed by atoms with Crippen molar-refractivity contribution in [3.8, 4) is 0 Å². The van der Waals surface area contributed by atoms with Crippen molar-refractivity contribution in [1.29, 1.82) is 0 Å². The number of rotatable bonds is 8. The Morgan fingerprint density at radius 2 is 1.88 bits per heavy atom. The minimum absolute atomic E-state index is 0.0614. The number of amides is 1. The molecular weight excluding hydrogens is 458 g/mol. The third-order valence-corrected chi connectivity index (χ3v) is 12.8. The van der Waals surface area contributed by atoms with Crippen LogP contribution in [0, 0.1) is 0 Å². The number of nitrogens with zero attached hydrogens (tertiary/aromatic N) is 2. The molecule has 1 aliphatic heterocycles. The molecule has 0 radical (unpaired) electrons. The van der Waals surface area contributed by atoms with Crippen molar-refractivity contribution < 1.29 is 19.2 Å². The van der Waals surface area contributed by atoms with E-state index in [4.69, 9.17) is 9.57 Å². The molecule has 1 aromatic heterocycles. The van der Waals surface area contributed by atoms with Gasteiger partial charge in [0.25, 0.3) is 0 Å². The second-order valence-electron chi connectivity index (χ2n) is 11.0. The molecule has 0 fully saturated rings. The first kappa shape index (κ1) is 27.5. The van der Waals surface area contributed by atoms with Gasteiger partial charge in [0, 0.05) is 19.5 Å². The number of thiazole rings is 1.